The molecule has 19 heavy (non-hydrogen) atoms. The van der Waals surface area contributed by atoms with Gasteiger partial charge in [-0.15, -0.1) is 0 Å². The first-order chi connectivity index (χ1) is 8.91. The molecule has 100 valence electrons. The molecule has 0 aliphatic carbocycles. The molecule has 0 spiro atoms. The Kier molecular flexibility index (Phi) is 3.78. The summed E-state index contributed by atoms with van der Waals surface area (Å²) in [5, 5.41) is 11.6. The van der Waals surface area contributed by atoms with Crippen molar-refractivity contribution >= 4 is 33.0 Å². The van der Waals surface area contributed by atoms with Crippen molar-refractivity contribution in [2.45, 2.75) is 6.42 Å². The highest BCUT2D eigenvalue weighted by molar-refractivity contribution is 7.91. The number of carbonyl (C=O) groups is 1. The van der Waals surface area contributed by atoms with Gasteiger partial charge in [0.05, 0.1) is 39.8 Å². The molecule has 0 radical (unpaired) electrons. The molecule has 1 unspecified atom stereocenters. The number of sulfone groups is 1. The summed E-state index contributed by atoms with van der Waals surface area (Å²) in [6, 6.07) is 6.45. The number of nitrogens with one attached hydrogen (secondary N) is 1. The first-order valence-corrected chi connectivity index (χ1v) is 7.82. The monoisotopic (exact) mass is 298 g/mol. The van der Waals surface area contributed by atoms with Crippen molar-refractivity contribution in [3.63, 3.8) is 0 Å². The Morgan fingerprint density at radius 2 is 2.21 bits per heavy atom. The van der Waals surface area contributed by atoms with E-state index in [4.69, 9.17) is 16.9 Å². The first kappa shape index (κ1) is 13.8. The maximum absolute atomic E-state index is 11.9. The lowest BCUT2D eigenvalue weighted by Crippen LogP contribution is -2.23. The van der Waals surface area contributed by atoms with Crippen LogP contribution in [0, 0.1) is 17.2 Å². The van der Waals surface area contributed by atoms with E-state index in [1.807, 2.05) is 6.07 Å². The van der Waals surface area contributed by atoms with E-state index in [1.165, 1.54) is 18.2 Å². The van der Waals surface area contributed by atoms with Crippen LogP contribution < -0.4 is 5.32 Å². The van der Waals surface area contributed by atoms with Gasteiger partial charge in [-0.05, 0) is 24.6 Å². The highest BCUT2D eigenvalue weighted by Gasteiger charge is 2.33. The van der Waals surface area contributed by atoms with Crippen molar-refractivity contribution in [3.05, 3.63) is 28.8 Å². The molecular weight excluding hydrogens is 288 g/mol. The van der Waals surface area contributed by atoms with Gasteiger partial charge in [0.15, 0.2) is 9.84 Å². The number of carbonyl (C=O) groups excluding carboxylic acids is 1. The summed E-state index contributed by atoms with van der Waals surface area (Å²) >= 11 is 5.93. The summed E-state index contributed by atoms with van der Waals surface area (Å²) in [4.78, 5) is 11.9. The second-order valence-electron chi connectivity index (χ2n) is 4.40. The zero-order valence-corrected chi connectivity index (χ0v) is 11.5. The molecule has 1 heterocycles. The third-order valence-electron chi connectivity index (χ3n) is 2.96. The van der Waals surface area contributed by atoms with Gasteiger partial charge in [0.2, 0.25) is 5.91 Å². The molecule has 0 aromatic heterocycles. The van der Waals surface area contributed by atoms with Crippen molar-refractivity contribution in [1.82, 2.24) is 0 Å². The number of halogens is 1. The van der Waals surface area contributed by atoms with Crippen LogP contribution in [0.3, 0.4) is 0 Å². The molecule has 7 heteroatoms. The first-order valence-electron chi connectivity index (χ1n) is 5.62. The van der Waals surface area contributed by atoms with Crippen LogP contribution in [0.2, 0.25) is 5.02 Å². The lowest BCUT2D eigenvalue weighted by atomic mass is 10.1. The smallest absolute Gasteiger partial charge is 0.228 e. The second-order valence-corrected chi connectivity index (χ2v) is 7.03. The zero-order valence-electron chi connectivity index (χ0n) is 9.89. The maximum Gasteiger partial charge on any atom is 0.228 e. The third-order valence-corrected chi connectivity index (χ3v) is 5.04. The molecule has 1 saturated heterocycles. The largest absolute Gasteiger partial charge is 0.324 e. The van der Waals surface area contributed by atoms with Gasteiger partial charge in [-0.1, -0.05) is 11.6 Å². The highest BCUT2D eigenvalue weighted by Crippen LogP contribution is 2.25. The van der Waals surface area contributed by atoms with Crippen molar-refractivity contribution in [2.75, 3.05) is 16.8 Å². The van der Waals surface area contributed by atoms with Crippen LogP contribution in [0.4, 0.5) is 5.69 Å². The van der Waals surface area contributed by atoms with Crippen LogP contribution in [0.1, 0.15) is 12.0 Å². The Balaban J connectivity index is 2.10. The fourth-order valence-corrected chi connectivity index (χ4v) is 3.89. The Labute approximate surface area is 116 Å². The van der Waals surface area contributed by atoms with Crippen molar-refractivity contribution in [1.29, 1.82) is 5.26 Å². The number of hydrogen-bond donors (Lipinski definition) is 1. The van der Waals surface area contributed by atoms with Gasteiger partial charge in [0, 0.05) is 0 Å². The van der Waals surface area contributed by atoms with E-state index in [-0.39, 0.29) is 22.4 Å². The SMILES string of the molecule is N#Cc1ccc(NC(=O)C2CCS(=O)(=O)C2)c(Cl)c1. The van der Waals surface area contributed by atoms with Crippen LogP contribution in [0.15, 0.2) is 18.2 Å². The summed E-state index contributed by atoms with van der Waals surface area (Å²) in [5.41, 5.74) is 0.779. The minimum absolute atomic E-state index is 0.0478. The van der Waals surface area contributed by atoms with Gasteiger partial charge >= 0.3 is 0 Å². The Morgan fingerprint density at radius 1 is 1.47 bits per heavy atom. The number of amides is 1. The van der Waals surface area contributed by atoms with Crippen LogP contribution in [0.25, 0.3) is 0 Å². The fourth-order valence-electron chi connectivity index (χ4n) is 1.92. The second kappa shape index (κ2) is 5.19. The minimum atomic E-state index is -3.09. The summed E-state index contributed by atoms with van der Waals surface area (Å²) in [7, 11) is -3.09. The van der Waals surface area contributed by atoms with Crippen molar-refractivity contribution < 1.29 is 13.2 Å². The minimum Gasteiger partial charge on any atom is -0.324 e. The van der Waals surface area contributed by atoms with Gasteiger partial charge in [-0.3, -0.25) is 4.79 Å². The van der Waals surface area contributed by atoms with Crippen LogP contribution in [-0.4, -0.2) is 25.8 Å². The lowest BCUT2D eigenvalue weighted by molar-refractivity contribution is -0.119. The summed E-state index contributed by atoms with van der Waals surface area (Å²) in [6.45, 7) is 0. The van der Waals surface area contributed by atoms with E-state index in [2.05, 4.69) is 5.32 Å². The van der Waals surface area contributed by atoms with E-state index in [0.717, 1.165) is 0 Å². The number of rotatable bonds is 2. The van der Waals surface area contributed by atoms with Crippen LogP contribution in [0.5, 0.6) is 0 Å². The normalized spacial score (nSPS) is 20.7. The molecule has 1 N–H and O–H groups in total. The molecule has 0 saturated carbocycles. The lowest BCUT2D eigenvalue weighted by Gasteiger charge is -2.10. The Bertz CT molecular complexity index is 664. The molecule has 1 amide bonds. The van der Waals surface area contributed by atoms with Gasteiger partial charge in [-0.2, -0.15) is 5.26 Å². The molecular formula is C12H11ClN2O3S. The number of anilines is 1. The molecule has 1 aromatic carbocycles. The van der Waals surface area contributed by atoms with Gasteiger partial charge in [0.1, 0.15) is 0 Å². The molecule has 1 aromatic rings. The average molecular weight is 299 g/mol. The molecule has 1 atom stereocenters. The quantitative estimate of drug-likeness (QED) is 0.898. The topological polar surface area (TPSA) is 87.0 Å². The van der Waals surface area contributed by atoms with Crippen LogP contribution >= 0.6 is 11.6 Å². The van der Waals surface area contributed by atoms with E-state index in [9.17, 15) is 13.2 Å². The van der Waals surface area contributed by atoms with E-state index in [1.54, 1.807) is 0 Å². The molecule has 0 bridgehead atoms. The average Bonchev–Trinajstić information content (AvgIpc) is 2.72. The molecule has 5 nitrogen and oxygen atoms in total. The fraction of sp³-hybridized carbons (Fsp3) is 0.333. The summed E-state index contributed by atoms with van der Waals surface area (Å²) in [5.74, 6) is -0.955. The highest BCUT2D eigenvalue weighted by atomic mass is 35.5. The van der Waals surface area contributed by atoms with Gasteiger partial charge < -0.3 is 5.32 Å². The molecule has 2 rings (SSSR count). The predicted octanol–water partition coefficient (Wildman–Crippen LogP) is 1.58. The summed E-state index contributed by atoms with van der Waals surface area (Å²) in [6.07, 6.45) is 0.335. The standard InChI is InChI=1S/C12H11ClN2O3S/c13-10-5-8(6-14)1-2-11(10)15-12(16)9-3-4-19(17,18)7-9/h1-2,5,9H,3-4,7H2,(H,15,16). The molecule has 1 aliphatic heterocycles. The number of nitriles is 1. The summed E-state index contributed by atoms with van der Waals surface area (Å²) < 4.78 is 22.6. The van der Waals surface area contributed by atoms with Crippen molar-refractivity contribution in [2.24, 2.45) is 5.92 Å². The van der Waals surface area contributed by atoms with Gasteiger partial charge in [0.25, 0.3) is 0 Å². The van der Waals surface area contributed by atoms with Gasteiger partial charge in [-0.25, -0.2) is 8.42 Å². The number of hydrogen-bond acceptors (Lipinski definition) is 4. The maximum atomic E-state index is 11.9. The van der Waals surface area contributed by atoms with Crippen LogP contribution in [-0.2, 0) is 14.6 Å². The Hall–Kier alpha value is -1.58. The third kappa shape index (κ3) is 3.25. The van der Waals surface area contributed by atoms with E-state index >= 15 is 0 Å². The molecule has 1 aliphatic rings. The number of nitrogens with zero attached hydrogens (tertiary/aromatic N) is 1. The Morgan fingerprint density at radius 3 is 2.74 bits per heavy atom. The van der Waals surface area contributed by atoms with E-state index in [0.29, 0.717) is 17.7 Å². The molecule has 1 fully saturated rings. The van der Waals surface area contributed by atoms with E-state index < -0.39 is 15.8 Å². The predicted molar refractivity (Wildman–Crippen MR) is 71.6 cm³/mol. The number of benzene rings is 1. The van der Waals surface area contributed by atoms with Crippen molar-refractivity contribution in [3.8, 4) is 6.07 Å². The zero-order chi connectivity index (χ0) is 14.0.